The number of amides is 2. The predicted octanol–water partition coefficient (Wildman–Crippen LogP) is -0.311. The first-order valence-electron chi connectivity index (χ1n) is 9.14. The molecule has 1 fully saturated rings. The van der Waals surface area contributed by atoms with Gasteiger partial charge in [0, 0.05) is 38.9 Å². The third-order valence-corrected chi connectivity index (χ3v) is 5.06. The van der Waals surface area contributed by atoms with Crippen molar-refractivity contribution in [3.8, 4) is 5.75 Å². The van der Waals surface area contributed by atoms with Gasteiger partial charge < -0.3 is 29.3 Å². The highest BCUT2D eigenvalue weighted by atomic mass is 16.5. The molecule has 1 atom stereocenters. The Bertz CT molecular complexity index is 696. The average molecular weight is 377 g/mol. The maximum absolute atomic E-state index is 13.3. The molecule has 1 unspecified atom stereocenters. The molecule has 8 nitrogen and oxygen atoms in total. The lowest BCUT2D eigenvalue weighted by molar-refractivity contribution is -0.151. The van der Waals surface area contributed by atoms with Crippen molar-refractivity contribution in [1.82, 2.24) is 14.7 Å². The van der Waals surface area contributed by atoms with Gasteiger partial charge in [0.2, 0.25) is 11.8 Å². The van der Waals surface area contributed by atoms with Crippen LogP contribution in [-0.4, -0.2) is 91.2 Å². The fourth-order valence-corrected chi connectivity index (χ4v) is 3.58. The predicted molar refractivity (Wildman–Crippen MR) is 98.2 cm³/mol. The summed E-state index contributed by atoms with van der Waals surface area (Å²) in [6.45, 7) is 2.88. The number of methoxy groups -OCH3 is 1. The number of fused-ring (bicyclic) bond motifs is 1. The van der Waals surface area contributed by atoms with Crippen molar-refractivity contribution >= 4 is 11.8 Å². The molecule has 27 heavy (non-hydrogen) atoms. The molecule has 0 aromatic heterocycles. The van der Waals surface area contributed by atoms with Gasteiger partial charge in [-0.3, -0.25) is 9.59 Å². The summed E-state index contributed by atoms with van der Waals surface area (Å²) in [4.78, 5) is 31.1. The van der Waals surface area contributed by atoms with E-state index in [-0.39, 0.29) is 25.0 Å². The number of aliphatic hydroxyl groups is 1. The van der Waals surface area contributed by atoms with Gasteiger partial charge in [0.15, 0.2) is 0 Å². The Morgan fingerprint density at radius 2 is 2.11 bits per heavy atom. The maximum atomic E-state index is 13.3. The quantitative estimate of drug-likeness (QED) is 0.775. The second-order valence-electron chi connectivity index (χ2n) is 7.01. The van der Waals surface area contributed by atoms with Gasteiger partial charge in [0.25, 0.3) is 0 Å². The fraction of sp³-hybridized carbons (Fsp3) is 0.579. The Balaban J connectivity index is 1.80. The topological polar surface area (TPSA) is 82.6 Å². The Labute approximate surface area is 159 Å². The lowest BCUT2D eigenvalue weighted by atomic mass is 10.1. The highest BCUT2D eigenvalue weighted by Crippen LogP contribution is 2.25. The van der Waals surface area contributed by atoms with Crippen LogP contribution in [0.2, 0.25) is 0 Å². The van der Waals surface area contributed by atoms with Crippen LogP contribution < -0.4 is 4.74 Å². The van der Waals surface area contributed by atoms with E-state index < -0.39 is 6.04 Å². The van der Waals surface area contributed by atoms with E-state index in [9.17, 15) is 14.7 Å². The highest BCUT2D eigenvalue weighted by molar-refractivity contribution is 5.88. The Kier molecular flexibility index (Phi) is 6.30. The van der Waals surface area contributed by atoms with Crippen molar-refractivity contribution in [3.05, 3.63) is 29.3 Å². The minimum atomic E-state index is -0.533. The van der Waals surface area contributed by atoms with Crippen molar-refractivity contribution in [2.45, 2.75) is 19.2 Å². The third kappa shape index (κ3) is 4.40. The number of piperazine rings is 1. The molecule has 0 spiro atoms. The van der Waals surface area contributed by atoms with E-state index in [0.29, 0.717) is 32.8 Å². The average Bonchev–Trinajstić information content (AvgIpc) is 2.89. The second-order valence-corrected chi connectivity index (χ2v) is 7.01. The third-order valence-electron chi connectivity index (χ3n) is 5.06. The number of aliphatic hydroxyl groups excluding tert-OH is 1. The number of benzene rings is 1. The zero-order valence-corrected chi connectivity index (χ0v) is 15.9. The lowest BCUT2D eigenvalue weighted by Gasteiger charge is -2.40. The molecular formula is C19H27N3O5. The monoisotopic (exact) mass is 377 g/mol. The summed E-state index contributed by atoms with van der Waals surface area (Å²) in [7, 11) is 3.43. The molecule has 0 radical (unpaired) electrons. The summed E-state index contributed by atoms with van der Waals surface area (Å²) in [5, 5.41) is 9.38. The first-order valence-corrected chi connectivity index (χ1v) is 9.14. The fourth-order valence-electron chi connectivity index (χ4n) is 3.58. The number of ether oxygens (including phenoxy) is 2. The minimum Gasteiger partial charge on any atom is -0.491 e. The summed E-state index contributed by atoms with van der Waals surface area (Å²) < 4.78 is 10.7. The minimum absolute atomic E-state index is 0.0285. The lowest BCUT2D eigenvalue weighted by Crippen LogP contribution is -2.61. The van der Waals surface area contributed by atoms with Crippen LogP contribution in [0.1, 0.15) is 11.1 Å². The Morgan fingerprint density at radius 1 is 1.30 bits per heavy atom. The van der Waals surface area contributed by atoms with Crippen molar-refractivity contribution < 1.29 is 24.2 Å². The molecule has 1 aromatic rings. The molecule has 148 valence electrons. The number of rotatable bonds is 4. The molecular weight excluding hydrogens is 350 g/mol. The molecule has 2 heterocycles. The van der Waals surface area contributed by atoms with E-state index >= 15 is 0 Å². The summed E-state index contributed by atoms with van der Waals surface area (Å²) in [6, 6.07) is 4.98. The van der Waals surface area contributed by atoms with E-state index in [4.69, 9.17) is 9.47 Å². The Morgan fingerprint density at radius 3 is 2.85 bits per heavy atom. The largest absolute Gasteiger partial charge is 0.491 e. The number of nitrogens with zero attached hydrogens (tertiary/aromatic N) is 3. The normalized spacial score (nSPS) is 20.6. The number of likely N-dealkylation sites (N-methyl/N-ethyl adjacent to an activating group) is 1. The number of hydrogen-bond donors (Lipinski definition) is 1. The zero-order valence-electron chi connectivity index (χ0n) is 15.9. The van der Waals surface area contributed by atoms with Crippen LogP contribution in [-0.2, 0) is 27.5 Å². The zero-order chi connectivity index (χ0) is 19.4. The van der Waals surface area contributed by atoms with Gasteiger partial charge in [-0.2, -0.15) is 0 Å². The first-order chi connectivity index (χ1) is 13.0. The first kappa shape index (κ1) is 19.6. The van der Waals surface area contributed by atoms with Gasteiger partial charge >= 0.3 is 0 Å². The van der Waals surface area contributed by atoms with Crippen LogP contribution in [0, 0.1) is 0 Å². The van der Waals surface area contributed by atoms with Crippen LogP contribution in [0.5, 0.6) is 5.75 Å². The van der Waals surface area contributed by atoms with Gasteiger partial charge in [-0.15, -0.1) is 0 Å². The van der Waals surface area contributed by atoms with Crippen LogP contribution in [0.25, 0.3) is 0 Å². The number of carbonyl (C=O) groups is 2. The smallest absolute Gasteiger partial charge is 0.249 e. The molecule has 1 aromatic carbocycles. The van der Waals surface area contributed by atoms with Gasteiger partial charge in [0.05, 0.1) is 13.2 Å². The number of carbonyl (C=O) groups excluding carboxylic acids is 2. The van der Waals surface area contributed by atoms with Crippen LogP contribution >= 0.6 is 0 Å². The molecule has 8 heteroatoms. The molecule has 2 aliphatic heterocycles. The molecule has 0 aliphatic carbocycles. The van der Waals surface area contributed by atoms with Crippen LogP contribution in [0.3, 0.4) is 0 Å². The van der Waals surface area contributed by atoms with Gasteiger partial charge in [-0.25, -0.2) is 0 Å². The molecule has 1 N–H and O–H groups in total. The van der Waals surface area contributed by atoms with E-state index in [1.54, 1.807) is 9.80 Å². The summed E-state index contributed by atoms with van der Waals surface area (Å²) in [6.07, 6.45) is 0. The molecule has 2 aliphatic rings. The molecule has 2 amide bonds. The molecule has 0 bridgehead atoms. The maximum Gasteiger partial charge on any atom is 0.249 e. The molecule has 1 saturated heterocycles. The Hall–Kier alpha value is -2.16. The highest BCUT2D eigenvalue weighted by Gasteiger charge is 2.37. The van der Waals surface area contributed by atoms with Gasteiger partial charge in [0.1, 0.15) is 25.0 Å². The van der Waals surface area contributed by atoms with Crippen molar-refractivity contribution in [2.24, 2.45) is 0 Å². The van der Waals surface area contributed by atoms with Crippen LogP contribution in [0.4, 0.5) is 0 Å². The summed E-state index contributed by atoms with van der Waals surface area (Å²) in [5.41, 5.74) is 1.65. The summed E-state index contributed by atoms with van der Waals surface area (Å²) in [5.74, 6) is 0.477. The molecule has 3 rings (SSSR count). The van der Waals surface area contributed by atoms with Gasteiger partial charge in [-0.1, -0.05) is 6.07 Å². The van der Waals surface area contributed by atoms with Crippen molar-refractivity contribution in [3.63, 3.8) is 0 Å². The second kappa shape index (κ2) is 8.69. The number of hydrogen-bond acceptors (Lipinski definition) is 6. The van der Waals surface area contributed by atoms with Crippen molar-refractivity contribution in [2.75, 3.05) is 53.6 Å². The van der Waals surface area contributed by atoms with Crippen molar-refractivity contribution in [1.29, 1.82) is 0 Å². The van der Waals surface area contributed by atoms with E-state index in [2.05, 4.69) is 4.90 Å². The van der Waals surface area contributed by atoms with E-state index in [0.717, 1.165) is 23.4 Å². The van der Waals surface area contributed by atoms with Crippen LogP contribution in [0.15, 0.2) is 18.2 Å². The van der Waals surface area contributed by atoms with E-state index in [1.165, 1.54) is 7.11 Å². The standard InChI is InChI=1S/C19H27N3O5/c1-20-5-6-22(18(24)13-26-2)16(11-20)19(25)21-7-8-27-17-4-3-14(12-23)9-15(17)10-21/h3-4,9,16,23H,5-8,10-13H2,1-2H3. The SMILES string of the molecule is COCC(=O)N1CCN(C)CC1C(=O)N1CCOc2ccc(CO)cc2C1. The molecule has 0 saturated carbocycles. The summed E-state index contributed by atoms with van der Waals surface area (Å²) >= 11 is 0. The van der Waals surface area contributed by atoms with Gasteiger partial charge in [-0.05, 0) is 24.7 Å². The van der Waals surface area contributed by atoms with E-state index in [1.807, 2.05) is 25.2 Å².